The van der Waals surface area contributed by atoms with Crippen molar-refractivity contribution >= 4 is 16.9 Å². The first-order chi connectivity index (χ1) is 12.6. The summed E-state index contributed by atoms with van der Waals surface area (Å²) in [5.74, 6) is -0.195. The first-order valence-electron chi connectivity index (χ1n) is 8.66. The van der Waals surface area contributed by atoms with E-state index in [-0.39, 0.29) is 23.7 Å². The largest absolute Gasteiger partial charge is 0.450 e. The van der Waals surface area contributed by atoms with Gasteiger partial charge in [0.25, 0.3) is 5.91 Å². The highest BCUT2D eigenvalue weighted by atomic mass is 16.3. The second-order valence-corrected chi connectivity index (χ2v) is 6.56. The molecule has 1 aliphatic rings. The third-order valence-corrected chi connectivity index (χ3v) is 4.82. The molecule has 2 aromatic carbocycles. The summed E-state index contributed by atoms with van der Waals surface area (Å²) in [5, 5.41) is 9.68. The molecule has 5 nitrogen and oxygen atoms in total. The summed E-state index contributed by atoms with van der Waals surface area (Å²) in [6.45, 7) is 2.32. The van der Waals surface area contributed by atoms with Gasteiger partial charge in [-0.25, -0.2) is 0 Å². The van der Waals surface area contributed by atoms with Crippen LogP contribution in [0.1, 0.15) is 39.7 Å². The van der Waals surface area contributed by atoms with Gasteiger partial charge in [-0.1, -0.05) is 42.0 Å². The summed E-state index contributed by atoms with van der Waals surface area (Å²) < 4.78 is 5.83. The molecule has 132 valence electrons. The molecule has 1 aromatic heterocycles. The van der Waals surface area contributed by atoms with Crippen LogP contribution in [-0.4, -0.2) is 29.1 Å². The van der Waals surface area contributed by atoms with E-state index in [4.69, 9.17) is 4.42 Å². The topological polar surface area (TPSA) is 70.8 Å². The van der Waals surface area contributed by atoms with E-state index in [0.29, 0.717) is 29.5 Å². The van der Waals surface area contributed by atoms with E-state index < -0.39 is 6.04 Å². The quantitative estimate of drug-likeness (QED) is 0.786. The third kappa shape index (κ3) is 2.52. The monoisotopic (exact) mass is 349 g/mol. The van der Waals surface area contributed by atoms with E-state index in [2.05, 4.69) is 0 Å². The van der Waals surface area contributed by atoms with Gasteiger partial charge in [0.05, 0.1) is 17.0 Å². The van der Waals surface area contributed by atoms with E-state index in [0.717, 1.165) is 11.1 Å². The molecular formula is C21H19NO4. The van der Waals surface area contributed by atoms with Crippen molar-refractivity contribution in [2.24, 2.45) is 0 Å². The molecule has 0 saturated carbocycles. The number of aryl methyl sites for hydroxylation is 1. The van der Waals surface area contributed by atoms with Crippen molar-refractivity contribution in [3.8, 4) is 0 Å². The molecule has 5 heteroatoms. The van der Waals surface area contributed by atoms with E-state index in [1.165, 1.54) is 0 Å². The Hall–Kier alpha value is -2.92. The number of benzene rings is 2. The van der Waals surface area contributed by atoms with Gasteiger partial charge in [-0.2, -0.15) is 0 Å². The van der Waals surface area contributed by atoms with Crippen LogP contribution >= 0.6 is 0 Å². The molecule has 4 rings (SSSR count). The molecular weight excluding hydrogens is 330 g/mol. The Morgan fingerprint density at radius 2 is 1.81 bits per heavy atom. The molecule has 1 amide bonds. The van der Waals surface area contributed by atoms with Gasteiger partial charge in [-0.3, -0.25) is 9.59 Å². The van der Waals surface area contributed by atoms with Gasteiger partial charge in [0.15, 0.2) is 5.43 Å². The summed E-state index contributed by atoms with van der Waals surface area (Å²) in [5.41, 5.74) is 2.59. The lowest BCUT2D eigenvalue weighted by Crippen LogP contribution is -2.31. The van der Waals surface area contributed by atoms with Crippen LogP contribution in [0.5, 0.6) is 0 Å². The highest BCUT2D eigenvalue weighted by Gasteiger charge is 2.42. The van der Waals surface area contributed by atoms with Crippen molar-refractivity contribution in [2.45, 2.75) is 19.4 Å². The predicted molar refractivity (Wildman–Crippen MR) is 98.2 cm³/mol. The molecule has 1 aliphatic heterocycles. The number of hydrogen-bond acceptors (Lipinski definition) is 4. The lowest BCUT2D eigenvalue weighted by atomic mass is 9.97. The van der Waals surface area contributed by atoms with Gasteiger partial charge in [0.1, 0.15) is 5.58 Å². The number of para-hydroxylation sites is 1. The Labute approximate surface area is 150 Å². The number of carbonyl (C=O) groups excluding carboxylic acids is 1. The van der Waals surface area contributed by atoms with Gasteiger partial charge in [-0.05, 0) is 31.0 Å². The van der Waals surface area contributed by atoms with Crippen LogP contribution in [0.3, 0.4) is 0 Å². The number of aliphatic hydroxyl groups is 1. The molecule has 26 heavy (non-hydrogen) atoms. The molecule has 1 N–H and O–H groups in total. The minimum absolute atomic E-state index is 0.0237. The Morgan fingerprint density at radius 3 is 2.54 bits per heavy atom. The number of fused-ring (bicyclic) bond motifs is 2. The molecule has 2 heterocycles. The lowest BCUT2D eigenvalue weighted by molar-refractivity contribution is 0.0716. The zero-order valence-electron chi connectivity index (χ0n) is 14.4. The SMILES string of the molecule is Cc1ccc([C@H]2c3c(oc4ccccc4c3=O)C(=O)N2CCCO)cc1. The van der Waals surface area contributed by atoms with Crippen LogP contribution in [0.15, 0.2) is 57.7 Å². The first-order valence-corrected chi connectivity index (χ1v) is 8.66. The number of carbonyl (C=O) groups is 1. The van der Waals surface area contributed by atoms with Crippen LogP contribution in [0, 0.1) is 6.92 Å². The maximum atomic E-state index is 13.1. The molecule has 0 fully saturated rings. The Morgan fingerprint density at radius 1 is 1.08 bits per heavy atom. The molecule has 0 unspecified atom stereocenters. The Bertz CT molecular complexity index is 1040. The number of amides is 1. The maximum absolute atomic E-state index is 13.1. The fourth-order valence-electron chi connectivity index (χ4n) is 3.53. The molecule has 0 radical (unpaired) electrons. The van der Waals surface area contributed by atoms with E-state index in [1.54, 1.807) is 29.2 Å². The molecule has 0 spiro atoms. The van der Waals surface area contributed by atoms with Crippen molar-refractivity contribution < 1.29 is 14.3 Å². The summed E-state index contributed by atoms with van der Waals surface area (Å²) in [6.07, 6.45) is 0.440. The van der Waals surface area contributed by atoms with Crippen molar-refractivity contribution in [1.29, 1.82) is 0 Å². The number of aliphatic hydroxyl groups excluding tert-OH is 1. The summed E-state index contributed by atoms with van der Waals surface area (Å²) >= 11 is 0. The van der Waals surface area contributed by atoms with Crippen LogP contribution < -0.4 is 5.43 Å². The van der Waals surface area contributed by atoms with E-state index in [1.807, 2.05) is 31.2 Å². The minimum atomic E-state index is -0.495. The molecule has 1 atom stereocenters. The van der Waals surface area contributed by atoms with Crippen LogP contribution in [0.25, 0.3) is 11.0 Å². The Kier molecular flexibility index (Phi) is 4.09. The number of hydrogen-bond donors (Lipinski definition) is 1. The van der Waals surface area contributed by atoms with Crippen LogP contribution in [0.2, 0.25) is 0 Å². The fourth-order valence-corrected chi connectivity index (χ4v) is 3.53. The number of nitrogens with zero attached hydrogens (tertiary/aromatic N) is 1. The normalized spacial score (nSPS) is 16.3. The van der Waals surface area contributed by atoms with Crippen molar-refractivity contribution in [1.82, 2.24) is 4.90 Å². The molecule has 0 aliphatic carbocycles. The summed E-state index contributed by atoms with van der Waals surface area (Å²) in [7, 11) is 0. The van der Waals surface area contributed by atoms with Crippen molar-refractivity contribution in [3.05, 3.63) is 81.2 Å². The van der Waals surface area contributed by atoms with Gasteiger partial charge < -0.3 is 14.4 Å². The van der Waals surface area contributed by atoms with Gasteiger partial charge in [-0.15, -0.1) is 0 Å². The maximum Gasteiger partial charge on any atom is 0.290 e. The van der Waals surface area contributed by atoms with E-state index in [9.17, 15) is 14.7 Å². The zero-order valence-corrected chi connectivity index (χ0v) is 14.4. The molecule has 3 aromatic rings. The van der Waals surface area contributed by atoms with Crippen LogP contribution in [-0.2, 0) is 0 Å². The fraction of sp³-hybridized carbons (Fsp3) is 0.238. The van der Waals surface area contributed by atoms with Gasteiger partial charge in [0, 0.05) is 13.2 Å². The highest BCUT2D eigenvalue weighted by Crippen LogP contribution is 2.38. The standard InChI is InChI=1S/C21H19NO4/c1-13-7-9-14(10-8-13)18-17-19(24)15-5-2-3-6-16(15)26-20(17)21(25)22(18)11-4-12-23/h2-3,5-10,18,23H,4,11-12H2,1H3/t18-/m0/s1. The average Bonchev–Trinajstić information content (AvgIpc) is 2.93. The molecule has 0 bridgehead atoms. The summed E-state index contributed by atoms with van der Waals surface area (Å²) in [4.78, 5) is 27.7. The zero-order chi connectivity index (χ0) is 18.3. The third-order valence-electron chi connectivity index (χ3n) is 4.82. The lowest BCUT2D eigenvalue weighted by Gasteiger charge is -2.25. The summed E-state index contributed by atoms with van der Waals surface area (Å²) in [6, 6.07) is 14.3. The minimum Gasteiger partial charge on any atom is -0.450 e. The van der Waals surface area contributed by atoms with Crippen molar-refractivity contribution in [3.63, 3.8) is 0 Å². The number of rotatable bonds is 4. The highest BCUT2D eigenvalue weighted by molar-refractivity contribution is 5.99. The second-order valence-electron chi connectivity index (χ2n) is 6.56. The second kappa shape index (κ2) is 6.42. The Balaban J connectivity index is 1.96. The molecule has 0 saturated heterocycles. The average molecular weight is 349 g/mol. The van der Waals surface area contributed by atoms with E-state index >= 15 is 0 Å². The van der Waals surface area contributed by atoms with Gasteiger partial charge >= 0.3 is 0 Å². The van der Waals surface area contributed by atoms with Crippen molar-refractivity contribution in [2.75, 3.05) is 13.2 Å². The first kappa shape index (κ1) is 16.5. The van der Waals surface area contributed by atoms with Gasteiger partial charge in [0.2, 0.25) is 5.76 Å². The smallest absolute Gasteiger partial charge is 0.290 e. The predicted octanol–water partition coefficient (Wildman–Crippen LogP) is 3.03. The van der Waals surface area contributed by atoms with Crippen LogP contribution in [0.4, 0.5) is 0 Å².